The van der Waals surface area contributed by atoms with Crippen molar-refractivity contribution < 1.29 is 40.4 Å². The normalized spacial score (nSPS) is 19.5. The van der Waals surface area contributed by atoms with Gasteiger partial charge in [-0.3, -0.25) is 13.9 Å². The minimum absolute atomic E-state index is 0.107. The van der Waals surface area contributed by atoms with Gasteiger partial charge in [0.2, 0.25) is 5.69 Å². The van der Waals surface area contributed by atoms with E-state index < -0.39 is 31.6 Å². The standard InChI is InChI=1S/C39H52N2O8S2/c1-29-19-21-33-32(27-29)38(3,4)35(40(33)23-11-13-25-50(44,45)46)15-7-6-8-16-36-39(5,22-10-9-17-37(42)43)31-20-18-30(2)28-34(31)41(36)24-12-14-26-51(47,48)49/h6-8,15-16,18-21,27-28H,9-14,17,22-26H2,1-5H3,(H2-,42,43,44,45,46,47,48,49)/p+1. The molecule has 2 aromatic carbocycles. The maximum atomic E-state index is 11.4. The molecule has 0 radical (unpaired) electrons. The largest absolute Gasteiger partial charge is 0.481 e. The van der Waals surface area contributed by atoms with Gasteiger partial charge in [-0.05, 0) is 96.1 Å². The van der Waals surface area contributed by atoms with Crippen LogP contribution in [0.3, 0.4) is 0 Å². The second-order valence-electron chi connectivity index (χ2n) is 14.6. The van der Waals surface area contributed by atoms with Crippen LogP contribution >= 0.6 is 0 Å². The number of aliphatic carboxylic acids is 1. The van der Waals surface area contributed by atoms with Gasteiger partial charge in [0.05, 0.1) is 16.9 Å². The lowest BCUT2D eigenvalue weighted by Crippen LogP contribution is -2.29. The maximum absolute atomic E-state index is 11.4. The predicted octanol–water partition coefficient (Wildman–Crippen LogP) is 7.43. The number of rotatable bonds is 18. The summed E-state index contributed by atoms with van der Waals surface area (Å²) in [6.45, 7) is 11.8. The van der Waals surface area contributed by atoms with E-state index in [0.717, 1.165) is 52.3 Å². The minimum Gasteiger partial charge on any atom is -0.481 e. The van der Waals surface area contributed by atoms with Gasteiger partial charge in [-0.15, -0.1) is 0 Å². The third-order valence-electron chi connectivity index (χ3n) is 10.1. The highest BCUT2D eigenvalue weighted by Crippen LogP contribution is 2.51. The van der Waals surface area contributed by atoms with Crippen LogP contribution in [0.5, 0.6) is 0 Å². The van der Waals surface area contributed by atoms with Gasteiger partial charge < -0.3 is 10.0 Å². The fourth-order valence-electron chi connectivity index (χ4n) is 7.43. The molecule has 0 saturated heterocycles. The average Bonchev–Trinajstić information content (AvgIpc) is 3.37. The molecule has 278 valence electrons. The highest BCUT2D eigenvalue weighted by molar-refractivity contribution is 7.86. The lowest BCUT2D eigenvalue weighted by molar-refractivity contribution is -0.438. The van der Waals surface area contributed by atoms with Gasteiger partial charge >= 0.3 is 5.97 Å². The van der Waals surface area contributed by atoms with Crippen molar-refractivity contribution in [1.29, 1.82) is 0 Å². The van der Waals surface area contributed by atoms with E-state index in [9.17, 15) is 35.8 Å². The molecule has 12 heteroatoms. The number of allylic oxidation sites excluding steroid dienone is 6. The molecule has 0 amide bonds. The zero-order valence-electron chi connectivity index (χ0n) is 30.4. The van der Waals surface area contributed by atoms with Gasteiger partial charge in [-0.2, -0.15) is 21.4 Å². The lowest BCUT2D eigenvalue weighted by Gasteiger charge is -2.30. The second-order valence-corrected chi connectivity index (χ2v) is 17.7. The summed E-state index contributed by atoms with van der Waals surface area (Å²) in [6, 6.07) is 12.7. The third kappa shape index (κ3) is 10.3. The highest BCUT2D eigenvalue weighted by Gasteiger charge is 2.44. The number of carboxylic acids is 1. The molecule has 2 aliphatic heterocycles. The van der Waals surface area contributed by atoms with Gasteiger partial charge in [0.15, 0.2) is 5.71 Å². The average molecular weight is 742 g/mol. The molecule has 51 heavy (non-hydrogen) atoms. The van der Waals surface area contributed by atoms with Crippen LogP contribution in [0, 0.1) is 13.8 Å². The lowest BCUT2D eigenvalue weighted by atomic mass is 9.77. The molecule has 1 unspecified atom stereocenters. The summed E-state index contributed by atoms with van der Waals surface area (Å²) in [4.78, 5) is 13.5. The summed E-state index contributed by atoms with van der Waals surface area (Å²) < 4.78 is 66.2. The Morgan fingerprint density at radius 3 is 2.12 bits per heavy atom. The van der Waals surface area contributed by atoms with Crippen LogP contribution in [0.1, 0.15) is 94.4 Å². The first-order chi connectivity index (χ1) is 23.8. The van der Waals surface area contributed by atoms with Crippen LogP contribution in [0.4, 0.5) is 11.4 Å². The first kappa shape index (κ1) is 40.2. The van der Waals surface area contributed by atoms with Gasteiger partial charge in [-0.1, -0.05) is 48.4 Å². The number of carboxylic acid groups (broad SMARTS) is 1. The van der Waals surface area contributed by atoms with E-state index >= 15 is 0 Å². The van der Waals surface area contributed by atoms with E-state index in [4.69, 9.17) is 0 Å². The van der Waals surface area contributed by atoms with E-state index in [1.807, 2.05) is 25.2 Å². The molecule has 0 aliphatic carbocycles. The monoisotopic (exact) mass is 741 g/mol. The molecule has 0 fully saturated rings. The summed E-state index contributed by atoms with van der Waals surface area (Å²) in [7, 11) is -8.08. The predicted molar refractivity (Wildman–Crippen MR) is 204 cm³/mol. The molecule has 2 aromatic rings. The summed E-state index contributed by atoms with van der Waals surface area (Å²) >= 11 is 0. The Kier molecular flexibility index (Phi) is 12.9. The van der Waals surface area contributed by atoms with Crippen LogP contribution in [-0.2, 0) is 35.9 Å². The van der Waals surface area contributed by atoms with Gasteiger partial charge in [-0.25, -0.2) is 0 Å². The molecule has 0 spiro atoms. The van der Waals surface area contributed by atoms with Crippen LogP contribution in [-0.4, -0.2) is 71.9 Å². The molecule has 4 rings (SSSR count). The van der Waals surface area contributed by atoms with Crippen molar-refractivity contribution in [3.8, 4) is 0 Å². The van der Waals surface area contributed by atoms with Gasteiger partial charge in [0.1, 0.15) is 6.54 Å². The maximum Gasteiger partial charge on any atom is 0.303 e. The number of aryl methyl sites for hydroxylation is 2. The number of hydrogen-bond acceptors (Lipinski definition) is 6. The molecule has 0 saturated carbocycles. The summed E-state index contributed by atoms with van der Waals surface area (Å²) in [5.74, 6) is -1.38. The first-order valence-corrected chi connectivity index (χ1v) is 20.9. The van der Waals surface area contributed by atoms with Gasteiger partial charge in [0, 0.05) is 53.9 Å². The molecule has 2 heterocycles. The summed E-state index contributed by atoms with van der Waals surface area (Å²) in [5.41, 5.74) is 8.17. The van der Waals surface area contributed by atoms with Crippen LogP contribution < -0.4 is 4.90 Å². The van der Waals surface area contributed by atoms with Crippen molar-refractivity contribution in [2.45, 2.75) is 96.8 Å². The Labute approximate surface area is 303 Å². The van der Waals surface area contributed by atoms with Crippen molar-refractivity contribution in [2.75, 3.05) is 29.5 Å². The number of fused-ring (bicyclic) bond motifs is 2. The number of nitrogens with zero attached hydrogens (tertiary/aromatic N) is 2. The van der Waals surface area contributed by atoms with Crippen LogP contribution in [0.25, 0.3) is 0 Å². The number of benzene rings is 2. The topological polar surface area (TPSA) is 152 Å². The van der Waals surface area contributed by atoms with E-state index in [1.165, 1.54) is 5.56 Å². The Morgan fingerprint density at radius 2 is 1.45 bits per heavy atom. The smallest absolute Gasteiger partial charge is 0.303 e. The zero-order valence-corrected chi connectivity index (χ0v) is 32.1. The van der Waals surface area contributed by atoms with Crippen molar-refractivity contribution in [2.24, 2.45) is 0 Å². The van der Waals surface area contributed by atoms with Crippen molar-refractivity contribution in [3.63, 3.8) is 0 Å². The van der Waals surface area contributed by atoms with E-state index in [-0.39, 0.29) is 23.3 Å². The number of anilines is 1. The Morgan fingerprint density at radius 1 is 0.804 bits per heavy atom. The van der Waals surface area contributed by atoms with Crippen molar-refractivity contribution in [1.82, 2.24) is 0 Å². The fraction of sp³-hybridized carbons (Fsp3) is 0.487. The number of hydrogen-bond donors (Lipinski definition) is 3. The molecular formula is C39H53N2O8S2+. The quantitative estimate of drug-likeness (QED) is 0.0613. The Bertz CT molecular complexity index is 1960. The molecule has 0 bridgehead atoms. The van der Waals surface area contributed by atoms with E-state index in [0.29, 0.717) is 45.2 Å². The molecular weight excluding hydrogens is 689 g/mol. The molecule has 3 N–H and O–H groups in total. The molecule has 0 aromatic heterocycles. The SMILES string of the molecule is Cc1ccc2c(c1)N(CCCCS(=O)(=O)O)/C(=C/C=C/C=C/C1=[N+](CCCCS(=O)(=O)O)c3ccc(C)cc3C1(C)C)C2(C)CCCCC(=O)O. The van der Waals surface area contributed by atoms with Crippen molar-refractivity contribution >= 4 is 43.3 Å². The van der Waals surface area contributed by atoms with Crippen LogP contribution in [0.2, 0.25) is 0 Å². The molecule has 10 nitrogen and oxygen atoms in total. The second kappa shape index (κ2) is 16.4. The minimum atomic E-state index is -4.06. The Hall–Kier alpha value is -3.58. The Balaban J connectivity index is 1.67. The van der Waals surface area contributed by atoms with E-state index in [2.05, 4.69) is 85.7 Å². The number of unbranched alkanes of at least 4 members (excludes halogenated alkanes) is 3. The van der Waals surface area contributed by atoms with Crippen LogP contribution in [0.15, 0.2) is 72.5 Å². The third-order valence-corrected chi connectivity index (χ3v) is 11.7. The van der Waals surface area contributed by atoms with E-state index in [1.54, 1.807) is 0 Å². The number of carbonyl (C=O) groups is 1. The molecule has 1 atom stereocenters. The highest BCUT2D eigenvalue weighted by atomic mass is 32.2. The first-order valence-electron chi connectivity index (χ1n) is 17.7. The fourth-order valence-corrected chi connectivity index (χ4v) is 8.56. The summed E-state index contributed by atoms with van der Waals surface area (Å²) in [6.07, 6.45) is 14.1. The zero-order chi connectivity index (χ0) is 37.6. The summed E-state index contributed by atoms with van der Waals surface area (Å²) in [5, 5.41) is 9.24. The molecule has 2 aliphatic rings. The van der Waals surface area contributed by atoms with Crippen molar-refractivity contribution in [3.05, 3.63) is 94.7 Å². The van der Waals surface area contributed by atoms with Gasteiger partial charge in [0.25, 0.3) is 20.2 Å².